The SMILES string of the molecule is C=C(NC)C(=O)NCCCC/C=C\CCCCCCCOCc1nn[nH]n1. The predicted octanol–water partition coefficient (Wildman–Crippen LogP) is 2.63. The van der Waals surface area contributed by atoms with Crippen molar-refractivity contribution < 1.29 is 9.53 Å². The van der Waals surface area contributed by atoms with Crippen molar-refractivity contribution in [1.29, 1.82) is 0 Å². The van der Waals surface area contributed by atoms with Crippen molar-refractivity contribution in [2.24, 2.45) is 0 Å². The summed E-state index contributed by atoms with van der Waals surface area (Å²) in [5.41, 5.74) is 0.409. The summed E-state index contributed by atoms with van der Waals surface area (Å²) in [5, 5.41) is 19.1. The number of hydrogen-bond acceptors (Lipinski definition) is 6. The van der Waals surface area contributed by atoms with E-state index in [1.165, 1.54) is 25.7 Å². The minimum absolute atomic E-state index is 0.119. The maximum absolute atomic E-state index is 11.5. The smallest absolute Gasteiger partial charge is 0.266 e. The molecule has 1 amide bonds. The molecular formula is C19H34N6O2. The first-order valence-electron chi connectivity index (χ1n) is 9.84. The second-order valence-corrected chi connectivity index (χ2v) is 6.39. The predicted molar refractivity (Wildman–Crippen MR) is 106 cm³/mol. The van der Waals surface area contributed by atoms with Crippen LogP contribution in [0.25, 0.3) is 0 Å². The number of ether oxygens (including phenoxy) is 1. The molecule has 0 saturated heterocycles. The van der Waals surface area contributed by atoms with E-state index in [2.05, 4.69) is 50.0 Å². The van der Waals surface area contributed by atoms with E-state index in [4.69, 9.17) is 4.74 Å². The summed E-state index contributed by atoms with van der Waals surface area (Å²) < 4.78 is 5.48. The van der Waals surface area contributed by atoms with Crippen LogP contribution in [-0.2, 0) is 16.1 Å². The Balaban J connectivity index is 1.77. The van der Waals surface area contributed by atoms with Crippen molar-refractivity contribution in [3.05, 3.63) is 30.3 Å². The molecular weight excluding hydrogens is 344 g/mol. The lowest BCUT2D eigenvalue weighted by Gasteiger charge is -2.06. The Morgan fingerprint density at radius 1 is 1.11 bits per heavy atom. The van der Waals surface area contributed by atoms with E-state index in [0.29, 0.717) is 24.7 Å². The number of aromatic amines is 1. The largest absolute Gasteiger partial charge is 0.384 e. The maximum atomic E-state index is 11.5. The van der Waals surface area contributed by atoms with Crippen LogP contribution in [0, 0.1) is 0 Å². The average molecular weight is 379 g/mol. The molecule has 27 heavy (non-hydrogen) atoms. The lowest BCUT2D eigenvalue weighted by atomic mass is 10.1. The van der Waals surface area contributed by atoms with Crippen molar-refractivity contribution in [2.75, 3.05) is 20.2 Å². The van der Waals surface area contributed by atoms with E-state index in [1.54, 1.807) is 7.05 Å². The van der Waals surface area contributed by atoms with Gasteiger partial charge in [0.1, 0.15) is 6.61 Å². The topological polar surface area (TPSA) is 105 Å². The van der Waals surface area contributed by atoms with Gasteiger partial charge in [-0.3, -0.25) is 4.79 Å². The third-order valence-electron chi connectivity index (χ3n) is 4.11. The first kappa shape index (κ1) is 22.8. The molecule has 1 rings (SSSR count). The summed E-state index contributed by atoms with van der Waals surface area (Å²) in [6.45, 7) is 5.50. The number of tetrazole rings is 1. The van der Waals surface area contributed by atoms with Gasteiger partial charge in [0, 0.05) is 20.2 Å². The first-order chi connectivity index (χ1) is 13.2. The van der Waals surface area contributed by atoms with Crippen LogP contribution in [0.4, 0.5) is 0 Å². The molecule has 0 saturated carbocycles. The van der Waals surface area contributed by atoms with E-state index in [0.717, 1.165) is 38.7 Å². The summed E-state index contributed by atoms with van der Waals surface area (Å²) in [6, 6.07) is 0. The number of aromatic nitrogens is 4. The molecule has 1 aromatic rings. The van der Waals surface area contributed by atoms with Gasteiger partial charge in [-0.15, -0.1) is 10.2 Å². The van der Waals surface area contributed by atoms with Crippen LogP contribution in [-0.4, -0.2) is 46.7 Å². The summed E-state index contributed by atoms with van der Waals surface area (Å²) in [5.74, 6) is 0.484. The number of allylic oxidation sites excluding steroid dienone is 2. The van der Waals surface area contributed by atoms with Crippen LogP contribution in [0.5, 0.6) is 0 Å². The van der Waals surface area contributed by atoms with Crippen molar-refractivity contribution >= 4 is 5.91 Å². The van der Waals surface area contributed by atoms with Crippen LogP contribution in [0.3, 0.4) is 0 Å². The van der Waals surface area contributed by atoms with Crippen molar-refractivity contribution in [2.45, 2.75) is 64.4 Å². The van der Waals surface area contributed by atoms with Crippen LogP contribution in [0.15, 0.2) is 24.4 Å². The Labute approximate surface area is 162 Å². The number of unbranched alkanes of at least 4 members (excludes halogenated alkanes) is 7. The molecule has 0 unspecified atom stereocenters. The molecule has 8 heteroatoms. The van der Waals surface area contributed by atoms with Gasteiger partial charge in [0.25, 0.3) is 5.91 Å². The normalized spacial score (nSPS) is 11.0. The number of likely N-dealkylation sites (N-methyl/N-ethyl adjacent to an activating group) is 1. The molecule has 1 heterocycles. The van der Waals surface area contributed by atoms with Crippen LogP contribution in [0.1, 0.15) is 63.6 Å². The number of carbonyl (C=O) groups is 1. The molecule has 152 valence electrons. The Morgan fingerprint density at radius 3 is 2.52 bits per heavy atom. The Kier molecular flexibility index (Phi) is 13.5. The molecule has 0 aliphatic carbocycles. The van der Waals surface area contributed by atoms with Crippen LogP contribution in [0.2, 0.25) is 0 Å². The number of rotatable bonds is 17. The highest BCUT2D eigenvalue weighted by molar-refractivity contribution is 5.91. The zero-order valence-corrected chi connectivity index (χ0v) is 16.5. The fourth-order valence-electron chi connectivity index (χ4n) is 2.45. The van der Waals surface area contributed by atoms with E-state index >= 15 is 0 Å². The third kappa shape index (κ3) is 12.7. The van der Waals surface area contributed by atoms with Crippen molar-refractivity contribution in [3.8, 4) is 0 Å². The molecule has 0 spiro atoms. The fraction of sp³-hybridized carbons (Fsp3) is 0.684. The Hall–Kier alpha value is -2.22. The second-order valence-electron chi connectivity index (χ2n) is 6.39. The highest BCUT2D eigenvalue weighted by Gasteiger charge is 2.02. The molecule has 0 bridgehead atoms. The minimum Gasteiger partial charge on any atom is -0.384 e. The van der Waals surface area contributed by atoms with Gasteiger partial charge in [0.15, 0.2) is 5.82 Å². The van der Waals surface area contributed by atoms with Gasteiger partial charge in [-0.2, -0.15) is 5.21 Å². The number of amides is 1. The minimum atomic E-state index is -0.119. The molecule has 0 aromatic carbocycles. The quantitative estimate of drug-likeness (QED) is 0.219. The Bertz CT molecular complexity index is 530. The highest BCUT2D eigenvalue weighted by atomic mass is 16.5. The Morgan fingerprint density at radius 2 is 1.81 bits per heavy atom. The zero-order valence-electron chi connectivity index (χ0n) is 16.5. The monoisotopic (exact) mass is 378 g/mol. The number of hydrogen-bond donors (Lipinski definition) is 3. The number of nitrogens with zero attached hydrogens (tertiary/aromatic N) is 3. The zero-order chi connectivity index (χ0) is 19.6. The highest BCUT2D eigenvalue weighted by Crippen LogP contribution is 2.07. The summed E-state index contributed by atoms with van der Waals surface area (Å²) in [7, 11) is 1.70. The van der Waals surface area contributed by atoms with Crippen LogP contribution >= 0.6 is 0 Å². The fourth-order valence-corrected chi connectivity index (χ4v) is 2.45. The lowest BCUT2D eigenvalue weighted by molar-refractivity contribution is -0.117. The second kappa shape index (κ2) is 16.0. The van der Waals surface area contributed by atoms with Gasteiger partial charge in [-0.25, -0.2) is 0 Å². The molecule has 0 aliphatic heterocycles. The van der Waals surface area contributed by atoms with E-state index in [-0.39, 0.29) is 5.91 Å². The van der Waals surface area contributed by atoms with E-state index < -0.39 is 0 Å². The van der Waals surface area contributed by atoms with Gasteiger partial charge >= 0.3 is 0 Å². The van der Waals surface area contributed by atoms with Gasteiger partial charge in [-0.05, 0) is 38.5 Å². The van der Waals surface area contributed by atoms with Gasteiger partial charge in [-0.1, -0.05) is 43.2 Å². The van der Waals surface area contributed by atoms with Crippen LogP contribution < -0.4 is 10.6 Å². The van der Waals surface area contributed by atoms with Gasteiger partial charge in [0.2, 0.25) is 0 Å². The first-order valence-corrected chi connectivity index (χ1v) is 9.84. The number of carbonyl (C=O) groups excluding carboxylic acids is 1. The van der Waals surface area contributed by atoms with E-state index in [1.807, 2.05) is 0 Å². The van der Waals surface area contributed by atoms with Crippen molar-refractivity contribution in [1.82, 2.24) is 31.3 Å². The molecule has 0 aliphatic rings. The molecule has 3 N–H and O–H groups in total. The standard InChI is InChI=1S/C19H34N6O2/c1-17(20-2)19(26)21-14-12-10-8-6-4-3-5-7-9-11-13-15-27-16-18-22-24-25-23-18/h4,6,20H,1,3,5,7-16H2,2H3,(H,21,26)(H,22,23,24,25)/b6-4-. The number of H-pyrrole nitrogens is 1. The van der Waals surface area contributed by atoms with E-state index in [9.17, 15) is 4.79 Å². The maximum Gasteiger partial charge on any atom is 0.266 e. The number of nitrogens with one attached hydrogen (secondary N) is 3. The van der Waals surface area contributed by atoms with Gasteiger partial charge < -0.3 is 15.4 Å². The lowest BCUT2D eigenvalue weighted by Crippen LogP contribution is -2.30. The third-order valence-corrected chi connectivity index (χ3v) is 4.11. The summed E-state index contributed by atoms with van der Waals surface area (Å²) in [4.78, 5) is 11.5. The summed E-state index contributed by atoms with van der Waals surface area (Å²) >= 11 is 0. The van der Waals surface area contributed by atoms with Crippen molar-refractivity contribution in [3.63, 3.8) is 0 Å². The molecule has 8 nitrogen and oxygen atoms in total. The average Bonchev–Trinajstić information content (AvgIpc) is 3.20. The summed E-state index contributed by atoms with van der Waals surface area (Å²) in [6.07, 6.45) is 14.8. The van der Waals surface area contributed by atoms with Gasteiger partial charge in [0.05, 0.1) is 5.70 Å². The molecule has 0 atom stereocenters. The molecule has 0 radical (unpaired) electrons. The molecule has 1 aromatic heterocycles. The molecule has 0 fully saturated rings.